The molecule has 0 unspecified atom stereocenters. The second-order valence-corrected chi connectivity index (χ2v) is 5.66. The van der Waals surface area contributed by atoms with E-state index in [1.54, 1.807) is 7.11 Å². The van der Waals surface area contributed by atoms with Gasteiger partial charge in [0.05, 0.1) is 13.7 Å². The van der Waals surface area contributed by atoms with Crippen molar-refractivity contribution in [3.05, 3.63) is 53.0 Å². The van der Waals surface area contributed by atoms with Crippen LogP contribution in [0.2, 0.25) is 0 Å². The van der Waals surface area contributed by atoms with Crippen LogP contribution in [0.3, 0.4) is 0 Å². The molecule has 1 aromatic heterocycles. The summed E-state index contributed by atoms with van der Waals surface area (Å²) in [6.07, 6.45) is 0.929. The molecule has 0 saturated heterocycles. The highest BCUT2D eigenvalue weighted by Gasteiger charge is 2.04. The summed E-state index contributed by atoms with van der Waals surface area (Å²) in [5.41, 5.74) is 2.39. The Morgan fingerprint density at radius 1 is 1.17 bits per heavy atom. The lowest BCUT2D eigenvalue weighted by Crippen LogP contribution is -2.38. The third-order valence-corrected chi connectivity index (χ3v) is 3.76. The minimum absolute atomic E-state index is 0.612. The standard InChI is InChI=1S/C19H27N3O2/c1-5-20-19(22-13-17-12-14(2)24-15(17)3)21-11-10-16-6-8-18(23-4)9-7-16/h6-9,12H,5,10-11,13H2,1-4H3,(H2,20,21,22). The van der Waals surface area contributed by atoms with Crippen LogP contribution in [0.25, 0.3) is 0 Å². The van der Waals surface area contributed by atoms with Gasteiger partial charge in [0.25, 0.3) is 0 Å². The molecule has 0 fully saturated rings. The lowest BCUT2D eigenvalue weighted by Gasteiger charge is -2.11. The van der Waals surface area contributed by atoms with Gasteiger partial charge in [0, 0.05) is 18.7 Å². The number of methoxy groups -OCH3 is 1. The van der Waals surface area contributed by atoms with E-state index in [4.69, 9.17) is 9.15 Å². The summed E-state index contributed by atoms with van der Waals surface area (Å²) in [6.45, 7) is 8.26. The molecule has 0 saturated carbocycles. The van der Waals surface area contributed by atoms with E-state index in [1.165, 1.54) is 5.56 Å². The van der Waals surface area contributed by atoms with Gasteiger partial charge in [-0.3, -0.25) is 0 Å². The van der Waals surface area contributed by atoms with E-state index in [0.29, 0.717) is 6.54 Å². The van der Waals surface area contributed by atoms with Crippen LogP contribution in [0.4, 0.5) is 0 Å². The number of guanidine groups is 1. The fourth-order valence-electron chi connectivity index (χ4n) is 2.46. The van der Waals surface area contributed by atoms with Crippen molar-refractivity contribution < 1.29 is 9.15 Å². The topological polar surface area (TPSA) is 58.8 Å². The first-order valence-electron chi connectivity index (χ1n) is 8.33. The first-order valence-corrected chi connectivity index (χ1v) is 8.33. The number of rotatable bonds is 7. The molecule has 130 valence electrons. The van der Waals surface area contributed by atoms with Crippen molar-refractivity contribution in [1.29, 1.82) is 0 Å². The molecule has 0 amide bonds. The minimum Gasteiger partial charge on any atom is -0.497 e. The lowest BCUT2D eigenvalue weighted by atomic mass is 10.1. The summed E-state index contributed by atoms with van der Waals surface area (Å²) in [6, 6.07) is 10.2. The van der Waals surface area contributed by atoms with Crippen molar-refractivity contribution in [1.82, 2.24) is 10.6 Å². The van der Waals surface area contributed by atoms with Gasteiger partial charge in [0.2, 0.25) is 0 Å². The zero-order valence-electron chi connectivity index (χ0n) is 15.0. The molecular weight excluding hydrogens is 302 g/mol. The Bertz CT molecular complexity index is 660. The van der Waals surface area contributed by atoms with Crippen molar-refractivity contribution in [3.63, 3.8) is 0 Å². The molecule has 2 aromatic rings. The molecule has 2 rings (SSSR count). The Morgan fingerprint density at radius 3 is 2.50 bits per heavy atom. The predicted octanol–water partition coefficient (Wildman–Crippen LogP) is 3.20. The lowest BCUT2D eigenvalue weighted by molar-refractivity contribution is 0.414. The smallest absolute Gasteiger partial charge is 0.191 e. The second kappa shape index (κ2) is 9.01. The zero-order valence-corrected chi connectivity index (χ0v) is 15.0. The Labute approximate surface area is 144 Å². The molecule has 0 spiro atoms. The number of furan rings is 1. The number of hydrogen-bond donors (Lipinski definition) is 2. The number of benzene rings is 1. The number of ether oxygens (including phenoxy) is 1. The minimum atomic E-state index is 0.612. The fourth-order valence-corrected chi connectivity index (χ4v) is 2.46. The van der Waals surface area contributed by atoms with Crippen LogP contribution in [-0.4, -0.2) is 26.2 Å². The van der Waals surface area contributed by atoms with Crippen LogP contribution in [0.5, 0.6) is 5.75 Å². The first-order chi connectivity index (χ1) is 11.6. The third-order valence-electron chi connectivity index (χ3n) is 3.76. The maximum absolute atomic E-state index is 5.54. The number of aryl methyl sites for hydroxylation is 2. The summed E-state index contributed by atoms with van der Waals surface area (Å²) < 4.78 is 10.7. The zero-order chi connectivity index (χ0) is 17.4. The molecule has 0 atom stereocenters. The predicted molar refractivity (Wildman–Crippen MR) is 97.7 cm³/mol. The highest BCUT2D eigenvalue weighted by atomic mass is 16.5. The monoisotopic (exact) mass is 329 g/mol. The van der Waals surface area contributed by atoms with Gasteiger partial charge in [0.15, 0.2) is 5.96 Å². The number of nitrogens with one attached hydrogen (secondary N) is 2. The molecule has 24 heavy (non-hydrogen) atoms. The molecule has 5 heteroatoms. The van der Waals surface area contributed by atoms with Gasteiger partial charge >= 0.3 is 0 Å². The van der Waals surface area contributed by atoms with Crippen molar-refractivity contribution in [2.24, 2.45) is 4.99 Å². The molecule has 0 radical (unpaired) electrons. The van der Waals surface area contributed by atoms with Crippen molar-refractivity contribution in [2.75, 3.05) is 20.2 Å². The van der Waals surface area contributed by atoms with Crippen molar-refractivity contribution >= 4 is 5.96 Å². The SMILES string of the molecule is CCNC(=NCc1cc(C)oc1C)NCCc1ccc(OC)cc1. The summed E-state index contributed by atoms with van der Waals surface area (Å²) in [4.78, 5) is 4.63. The quantitative estimate of drug-likeness (QED) is 0.605. The second-order valence-electron chi connectivity index (χ2n) is 5.66. The summed E-state index contributed by atoms with van der Waals surface area (Å²) >= 11 is 0. The van der Waals surface area contributed by atoms with Crippen molar-refractivity contribution in [3.8, 4) is 5.75 Å². The van der Waals surface area contributed by atoms with E-state index in [2.05, 4.69) is 34.7 Å². The highest BCUT2D eigenvalue weighted by molar-refractivity contribution is 5.79. The Hall–Kier alpha value is -2.43. The Kier molecular flexibility index (Phi) is 6.73. The molecule has 0 bridgehead atoms. The summed E-state index contributed by atoms with van der Waals surface area (Å²) in [5.74, 6) is 3.57. The van der Waals surface area contributed by atoms with Crippen LogP contribution in [0.15, 0.2) is 39.7 Å². The molecule has 0 aliphatic rings. The largest absolute Gasteiger partial charge is 0.497 e. The van der Waals surface area contributed by atoms with Crippen LogP contribution in [0.1, 0.15) is 29.6 Å². The van der Waals surface area contributed by atoms with Gasteiger partial charge in [-0.25, -0.2) is 4.99 Å². The maximum atomic E-state index is 5.54. The van der Waals surface area contributed by atoms with Crippen LogP contribution >= 0.6 is 0 Å². The number of nitrogens with zero attached hydrogens (tertiary/aromatic N) is 1. The van der Waals surface area contributed by atoms with Crippen LogP contribution < -0.4 is 15.4 Å². The Morgan fingerprint density at radius 2 is 1.92 bits per heavy atom. The van der Waals surface area contributed by atoms with Gasteiger partial charge in [-0.05, 0) is 51.0 Å². The molecule has 0 aliphatic heterocycles. The molecule has 2 N–H and O–H groups in total. The molecule has 5 nitrogen and oxygen atoms in total. The number of aliphatic imine (C=N–C) groups is 1. The average Bonchev–Trinajstić information content (AvgIpc) is 2.91. The number of hydrogen-bond acceptors (Lipinski definition) is 3. The van der Waals surface area contributed by atoms with Crippen molar-refractivity contribution in [2.45, 2.75) is 33.7 Å². The molecule has 0 aliphatic carbocycles. The van der Waals surface area contributed by atoms with Gasteiger partial charge < -0.3 is 19.8 Å². The van der Waals surface area contributed by atoms with Gasteiger partial charge in [-0.15, -0.1) is 0 Å². The van der Waals surface area contributed by atoms with E-state index < -0.39 is 0 Å². The molecular formula is C19H27N3O2. The average molecular weight is 329 g/mol. The van der Waals surface area contributed by atoms with Gasteiger partial charge in [-0.2, -0.15) is 0 Å². The molecule has 1 aromatic carbocycles. The normalized spacial score (nSPS) is 11.4. The summed E-state index contributed by atoms with van der Waals surface area (Å²) in [5, 5.41) is 6.64. The summed E-state index contributed by atoms with van der Waals surface area (Å²) in [7, 11) is 1.68. The molecule has 1 heterocycles. The van der Waals surface area contributed by atoms with E-state index in [9.17, 15) is 0 Å². The van der Waals surface area contributed by atoms with E-state index in [1.807, 2.05) is 32.0 Å². The third kappa shape index (κ3) is 5.33. The maximum Gasteiger partial charge on any atom is 0.191 e. The van der Waals surface area contributed by atoms with Gasteiger partial charge in [-0.1, -0.05) is 12.1 Å². The van der Waals surface area contributed by atoms with E-state index >= 15 is 0 Å². The van der Waals surface area contributed by atoms with E-state index in [0.717, 1.165) is 48.3 Å². The van der Waals surface area contributed by atoms with Crippen LogP contribution in [0, 0.1) is 13.8 Å². The van der Waals surface area contributed by atoms with E-state index in [-0.39, 0.29) is 0 Å². The first kappa shape index (κ1) is 17.9. The van der Waals surface area contributed by atoms with Crippen LogP contribution in [-0.2, 0) is 13.0 Å². The fraction of sp³-hybridized carbons (Fsp3) is 0.421. The Balaban J connectivity index is 1.87. The van der Waals surface area contributed by atoms with Gasteiger partial charge in [0.1, 0.15) is 17.3 Å². The highest BCUT2D eigenvalue weighted by Crippen LogP contribution is 2.14.